The summed E-state index contributed by atoms with van der Waals surface area (Å²) in [5.74, 6) is 0.0207. The number of aryl methyl sites for hydroxylation is 2. The molecule has 1 saturated carbocycles. The summed E-state index contributed by atoms with van der Waals surface area (Å²) in [6.45, 7) is 3.43. The van der Waals surface area contributed by atoms with Gasteiger partial charge in [-0.2, -0.15) is 5.10 Å². The van der Waals surface area contributed by atoms with E-state index in [1.54, 1.807) is 4.68 Å². The number of rotatable bonds is 1. The fourth-order valence-corrected chi connectivity index (χ4v) is 3.25. The van der Waals surface area contributed by atoms with Crippen molar-refractivity contribution in [2.24, 2.45) is 12.5 Å². The molecule has 19 heavy (non-hydrogen) atoms. The van der Waals surface area contributed by atoms with Gasteiger partial charge in [0.05, 0.1) is 6.10 Å². The van der Waals surface area contributed by atoms with Gasteiger partial charge >= 0.3 is 0 Å². The lowest BCUT2D eigenvalue weighted by molar-refractivity contribution is -0.0952. The van der Waals surface area contributed by atoms with Crippen molar-refractivity contribution in [3.63, 3.8) is 0 Å². The van der Waals surface area contributed by atoms with Crippen molar-refractivity contribution < 1.29 is 9.90 Å². The minimum atomic E-state index is -0.151. The number of aliphatic hydroxyl groups excluding tert-OH is 1. The third-order valence-corrected chi connectivity index (χ3v) is 5.00. The molecule has 1 unspecified atom stereocenters. The number of hydrogen-bond donors (Lipinski definition) is 1. The Hall–Kier alpha value is -1.36. The SMILES string of the molecule is Cc1cc(C(=O)N2CCC3(CCC3O)CC2)nn1C. The zero-order valence-electron chi connectivity index (χ0n) is 11.6. The summed E-state index contributed by atoms with van der Waals surface area (Å²) in [6, 6.07) is 1.84. The van der Waals surface area contributed by atoms with Crippen LogP contribution < -0.4 is 0 Å². The molecule has 2 fully saturated rings. The van der Waals surface area contributed by atoms with Crippen LogP contribution in [0, 0.1) is 12.3 Å². The van der Waals surface area contributed by atoms with E-state index in [0.717, 1.165) is 44.5 Å². The predicted octanol–water partition coefficient (Wildman–Crippen LogP) is 1.11. The third-order valence-electron chi connectivity index (χ3n) is 5.00. The summed E-state index contributed by atoms with van der Waals surface area (Å²) < 4.78 is 1.73. The van der Waals surface area contributed by atoms with Crippen LogP contribution >= 0.6 is 0 Å². The van der Waals surface area contributed by atoms with Gasteiger partial charge in [0.15, 0.2) is 5.69 Å². The zero-order valence-corrected chi connectivity index (χ0v) is 11.6. The van der Waals surface area contributed by atoms with Gasteiger partial charge in [-0.1, -0.05) is 0 Å². The number of amides is 1. The Balaban J connectivity index is 1.66. The van der Waals surface area contributed by atoms with Gasteiger partial charge in [0.2, 0.25) is 0 Å². The number of likely N-dealkylation sites (tertiary alicyclic amines) is 1. The molecule has 1 spiro atoms. The van der Waals surface area contributed by atoms with Gasteiger partial charge in [0, 0.05) is 25.8 Å². The van der Waals surface area contributed by atoms with Crippen LogP contribution in [0.3, 0.4) is 0 Å². The first-order valence-electron chi connectivity index (χ1n) is 7.00. The maximum Gasteiger partial charge on any atom is 0.274 e. The van der Waals surface area contributed by atoms with Crippen molar-refractivity contribution >= 4 is 5.91 Å². The van der Waals surface area contributed by atoms with Crippen molar-refractivity contribution in [3.8, 4) is 0 Å². The number of aromatic nitrogens is 2. The maximum atomic E-state index is 12.4. The standard InChI is InChI=1S/C14H21N3O2/c1-10-9-11(15-16(10)2)13(19)17-7-5-14(6-8-17)4-3-12(14)18/h9,12,18H,3-8H2,1-2H3. The van der Waals surface area contributed by atoms with E-state index in [4.69, 9.17) is 0 Å². The summed E-state index contributed by atoms with van der Waals surface area (Å²) in [4.78, 5) is 14.2. The van der Waals surface area contributed by atoms with E-state index in [0.29, 0.717) is 5.69 Å². The van der Waals surface area contributed by atoms with E-state index in [1.807, 2.05) is 24.9 Å². The number of carbonyl (C=O) groups is 1. The molecular weight excluding hydrogens is 242 g/mol. The Morgan fingerprint density at radius 2 is 2.11 bits per heavy atom. The van der Waals surface area contributed by atoms with Gasteiger partial charge in [0.25, 0.3) is 5.91 Å². The summed E-state index contributed by atoms with van der Waals surface area (Å²) in [5.41, 5.74) is 1.63. The Labute approximate surface area is 113 Å². The molecule has 1 aromatic rings. The predicted molar refractivity (Wildman–Crippen MR) is 70.8 cm³/mol. The van der Waals surface area contributed by atoms with Crippen LogP contribution in [0.25, 0.3) is 0 Å². The van der Waals surface area contributed by atoms with Gasteiger partial charge < -0.3 is 10.0 Å². The molecule has 2 aliphatic rings. The second kappa shape index (κ2) is 4.34. The van der Waals surface area contributed by atoms with Crippen molar-refractivity contribution in [1.29, 1.82) is 0 Å². The molecule has 3 rings (SSSR count). The van der Waals surface area contributed by atoms with Crippen LogP contribution in [0.5, 0.6) is 0 Å². The van der Waals surface area contributed by atoms with Crippen LogP contribution in [0.2, 0.25) is 0 Å². The number of piperidine rings is 1. The molecule has 1 N–H and O–H groups in total. The molecule has 0 aromatic carbocycles. The highest BCUT2D eigenvalue weighted by molar-refractivity contribution is 5.92. The first kappa shape index (κ1) is 12.7. The van der Waals surface area contributed by atoms with Crippen LogP contribution in [0.1, 0.15) is 41.9 Å². The molecule has 1 aliphatic carbocycles. The highest BCUT2D eigenvalue weighted by atomic mass is 16.3. The highest BCUT2D eigenvalue weighted by Gasteiger charge is 2.47. The lowest BCUT2D eigenvalue weighted by Crippen LogP contribution is -2.53. The average Bonchev–Trinajstić information content (AvgIpc) is 2.76. The monoisotopic (exact) mass is 263 g/mol. The molecule has 1 aromatic heterocycles. The van der Waals surface area contributed by atoms with Crippen LogP contribution in [-0.2, 0) is 7.05 Å². The fourth-order valence-electron chi connectivity index (χ4n) is 3.25. The van der Waals surface area contributed by atoms with E-state index >= 15 is 0 Å². The summed E-state index contributed by atoms with van der Waals surface area (Å²) >= 11 is 0. The lowest BCUT2D eigenvalue weighted by atomic mass is 9.61. The highest BCUT2D eigenvalue weighted by Crippen LogP contribution is 2.49. The molecule has 104 valence electrons. The molecule has 1 atom stereocenters. The van der Waals surface area contributed by atoms with E-state index in [2.05, 4.69) is 5.10 Å². The van der Waals surface area contributed by atoms with Gasteiger partial charge in [-0.25, -0.2) is 0 Å². The molecular formula is C14H21N3O2. The van der Waals surface area contributed by atoms with E-state index < -0.39 is 0 Å². The fraction of sp³-hybridized carbons (Fsp3) is 0.714. The van der Waals surface area contributed by atoms with Gasteiger partial charge in [-0.15, -0.1) is 0 Å². The second-order valence-corrected chi connectivity index (χ2v) is 6.00. The van der Waals surface area contributed by atoms with Crippen LogP contribution in [0.15, 0.2) is 6.07 Å². The Morgan fingerprint density at radius 3 is 2.53 bits per heavy atom. The van der Waals surface area contributed by atoms with Gasteiger partial charge in [-0.3, -0.25) is 9.48 Å². The molecule has 2 heterocycles. The molecule has 0 radical (unpaired) electrons. The smallest absolute Gasteiger partial charge is 0.274 e. The van der Waals surface area contributed by atoms with E-state index in [1.165, 1.54) is 0 Å². The summed E-state index contributed by atoms with van der Waals surface area (Å²) in [6.07, 6.45) is 3.73. The van der Waals surface area contributed by atoms with Crippen molar-refractivity contribution in [2.45, 2.75) is 38.7 Å². The molecule has 1 amide bonds. The Bertz CT molecular complexity index is 481. The van der Waals surface area contributed by atoms with Gasteiger partial charge in [-0.05, 0) is 44.1 Å². The van der Waals surface area contributed by atoms with Crippen LogP contribution in [0.4, 0.5) is 0 Å². The van der Waals surface area contributed by atoms with Crippen molar-refractivity contribution in [3.05, 3.63) is 17.5 Å². The molecule has 1 aliphatic heterocycles. The quantitative estimate of drug-likeness (QED) is 0.825. The molecule has 0 bridgehead atoms. The first-order chi connectivity index (χ1) is 9.02. The van der Waals surface area contributed by atoms with Crippen LogP contribution in [-0.4, -0.2) is 44.9 Å². The normalized spacial score (nSPS) is 25.4. The third kappa shape index (κ3) is 1.96. The largest absolute Gasteiger partial charge is 0.393 e. The Morgan fingerprint density at radius 1 is 1.42 bits per heavy atom. The second-order valence-electron chi connectivity index (χ2n) is 6.00. The molecule has 1 saturated heterocycles. The topological polar surface area (TPSA) is 58.4 Å². The number of aliphatic hydroxyl groups is 1. The average molecular weight is 263 g/mol. The minimum absolute atomic E-state index is 0.0207. The van der Waals surface area contributed by atoms with Gasteiger partial charge in [0.1, 0.15) is 0 Å². The molecule has 5 nitrogen and oxygen atoms in total. The molecule has 5 heteroatoms. The number of nitrogens with zero attached hydrogens (tertiary/aromatic N) is 3. The Kier molecular flexibility index (Phi) is 2.89. The first-order valence-corrected chi connectivity index (χ1v) is 7.00. The summed E-state index contributed by atoms with van der Waals surface area (Å²) in [5, 5.41) is 14.1. The van der Waals surface area contributed by atoms with E-state index in [9.17, 15) is 9.90 Å². The van der Waals surface area contributed by atoms with Crippen molar-refractivity contribution in [1.82, 2.24) is 14.7 Å². The minimum Gasteiger partial charge on any atom is -0.393 e. The zero-order chi connectivity index (χ0) is 13.6. The summed E-state index contributed by atoms with van der Waals surface area (Å²) in [7, 11) is 1.85. The number of hydrogen-bond acceptors (Lipinski definition) is 3. The lowest BCUT2D eigenvalue weighted by Gasteiger charge is -2.51. The van der Waals surface area contributed by atoms with Crippen molar-refractivity contribution in [2.75, 3.05) is 13.1 Å². The number of carbonyl (C=O) groups excluding carboxylic acids is 1. The maximum absolute atomic E-state index is 12.4. The van der Waals surface area contributed by atoms with E-state index in [-0.39, 0.29) is 17.4 Å².